The van der Waals surface area contributed by atoms with E-state index < -0.39 is 14.9 Å². The Bertz CT molecular complexity index is 570. The fourth-order valence-corrected chi connectivity index (χ4v) is 4.96. The van der Waals surface area contributed by atoms with Crippen LogP contribution < -0.4 is 10.0 Å². The van der Waals surface area contributed by atoms with Gasteiger partial charge < -0.3 is 5.32 Å². The summed E-state index contributed by atoms with van der Waals surface area (Å²) in [4.78, 5) is 10.3. The minimum Gasteiger partial charge on any atom is -0.374 e. The molecule has 0 aliphatic heterocycles. The molecule has 0 aliphatic carbocycles. The third kappa shape index (κ3) is 4.08. The Kier molecular flexibility index (Phi) is 6.24. The number of nitrogens with zero attached hydrogens (tertiary/aromatic N) is 1. The van der Waals surface area contributed by atoms with Crippen molar-refractivity contribution in [3.8, 4) is 0 Å². The summed E-state index contributed by atoms with van der Waals surface area (Å²) in [5, 5.41) is 13.7. The van der Waals surface area contributed by atoms with Crippen molar-refractivity contribution in [1.82, 2.24) is 4.72 Å². The molecule has 0 aromatic carbocycles. The molecular formula is C10H17N3O4S3. The van der Waals surface area contributed by atoms with Crippen LogP contribution in [0.2, 0.25) is 0 Å². The average molecular weight is 339 g/mol. The van der Waals surface area contributed by atoms with Crippen molar-refractivity contribution in [1.29, 1.82) is 0 Å². The SMILES string of the molecule is CCC(CSC)NS(=O)(=O)c1cc([N+](=O)[O-])c(NC)s1. The first-order valence-corrected chi connectivity index (χ1v) is 9.52. The molecule has 0 fully saturated rings. The van der Waals surface area contributed by atoms with Crippen LogP contribution >= 0.6 is 23.1 Å². The molecule has 2 N–H and O–H groups in total. The van der Waals surface area contributed by atoms with E-state index in [0.717, 1.165) is 17.4 Å². The van der Waals surface area contributed by atoms with Gasteiger partial charge in [0.15, 0.2) is 5.00 Å². The Balaban J connectivity index is 3.06. The number of sulfonamides is 1. The molecule has 0 aliphatic rings. The third-order valence-corrected chi connectivity index (χ3v) is 6.43. The topological polar surface area (TPSA) is 101 Å². The van der Waals surface area contributed by atoms with Gasteiger partial charge in [-0.15, -0.1) is 0 Å². The Labute approximate surface area is 126 Å². The number of rotatable bonds is 8. The molecule has 0 amide bonds. The summed E-state index contributed by atoms with van der Waals surface area (Å²) in [6.07, 6.45) is 2.55. The van der Waals surface area contributed by atoms with Crippen molar-refractivity contribution >= 4 is 43.8 Å². The van der Waals surface area contributed by atoms with Crippen LogP contribution in [-0.2, 0) is 10.0 Å². The molecule has 0 bridgehead atoms. The lowest BCUT2D eigenvalue weighted by atomic mass is 10.3. The second kappa shape index (κ2) is 7.25. The summed E-state index contributed by atoms with van der Waals surface area (Å²) in [5.74, 6) is 0.655. The molecule has 1 aromatic rings. The number of anilines is 1. The van der Waals surface area contributed by atoms with Crippen molar-refractivity contribution in [3.05, 3.63) is 16.2 Å². The van der Waals surface area contributed by atoms with Crippen molar-refractivity contribution in [2.24, 2.45) is 0 Å². The van der Waals surface area contributed by atoms with Gasteiger partial charge in [-0.3, -0.25) is 10.1 Å². The highest BCUT2D eigenvalue weighted by atomic mass is 32.2. The van der Waals surface area contributed by atoms with Gasteiger partial charge in [-0.05, 0) is 12.7 Å². The van der Waals surface area contributed by atoms with Crippen LogP contribution in [-0.4, -0.2) is 38.4 Å². The summed E-state index contributed by atoms with van der Waals surface area (Å²) in [6.45, 7) is 1.89. The van der Waals surface area contributed by atoms with E-state index in [0.29, 0.717) is 12.2 Å². The van der Waals surface area contributed by atoms with Crippen LogP contribution in [0.25, 0.3) is 0 Å². The molecule has 114 valence electrons. The Morgan fingerprint density at radius 2 is 2.20 bits per heavy atom. The van der Waals surface area contributed by atoms with E-state index in [4.69, 9.17) is 0 Å². The third-order valence-electron chi connectivity index (χ3n) is 2.56. The number of nitrogens with one attached hydrogen (secondary N) is 2. The van der Waals surface area contributed by atoms with Gasteiger partial charge in [0.05, 0.1) is 4.92 Å². The van der Waals surface area contributed by atoms with Crippen molar-refractivity contribution in [2.75, 3.05) is 24.4 Å². The summed E-state index contributed by atoms with van der Waals surface area (Å²) in [7, 11) is -2.21. The minimum atomic E-state index is -3.73. The molecule has 0 saturated heterocycles. The molecule has 0 saturated carbocycles. The van der Waals surface area contributed by atoms with Gasteiger partial charge in [0, 0.05) is 24.9 Å². The lowest BCUT2D eigenvalue weighted by Gasteiger charge is -2.14. The van der Waals surface area contributed by atoms with Crippen LogP contribution in [0.15, 0.2) is 10.3 Å². The highest BCUT2D eigenvalue weighted by molar-refractivity contribution is 7.98. The first kappa shape index (κ1) is 17.2. The molecule has 0 radical (unpaired) electrons. The van der Waals surface area contributed by atoms with E-state index in [-0.39, 0.29) is 20.9 Å². The monoisotopic (exact) mass is 339 g/mol. The van der Waals surface area contributed by atoms with Crippen LogP contribution in [0, 0.1) is 10.1 Å². The summed E-state index contributed by atoms with van der Waals surface area (Å²) in [5.41, 5.74) is -0.226. The molecule has 20 heavy (non-hydrogen) atoms. The highest BCUT2D eigenvalue weighted by Crippen LogP contribution is 2.36. The molecule has 10 heteroatoms. The zero-order valence-electron chi connectivity index (χ0n) is 11.4. The molecular weight excluding hydrogens is 322 g/mol. The number of thiophene rings is 1. The van der Waals surface area contributed by atoms with E-state index in [1.807, 2.05) is 13.2 Å². The minimum absolute atomic E-state index is 0.0481. The zero-order valence-corrected chi connectivity index (χ0v) is 13.8. The van der Waals surface area contributed by atoms with E-state index in [9.17, 15) is 18.5 Å². The van der Waals surface area contributed by atoms with Gasteiger partial charge in [0.25, 0.3) is 10.0 Å². The number of thioether (sulfide) groups is 1. The summed E-state index contributed by atoms with van der Waals surface area (Å²) < 4.78 is 27.0. The van der Waals surface area contributed by atoms with Gasteiger partial charge in [0.2, 0.25) is 0 Å². The largest absolute Gasteiger partial charge is 0.374 e. The van der Waals surface area contributed by atoms with Gasteiger partial charge in [-0.2, -0.15) is 11.8 Å². The first-order valence-electron chi connectivity index (χ1n) is 5.83. The van der Waals surface area contributed by atoms with Gasteiger partial charge in [-0.25, -0.2) is 13.1 Å². The standard InChI is InChI=1S/C10H17N3O4S3/c1-4-7(6-18-3)12-20(16,17)9-5-8(13(14)15)10(11-2)19-9/h5,7,11-12H,4,6H2,1-3H3. The molecule has 1 atom stereocenters. The lowest BCUT2D eigenvalue weighted by molar-refractivity contribution is -0.383. The highest BCUT2D eigenvalue weighted by Gasteiger charge is 2.27. The van der Waals surface area contributed by atoms with Crippen molar-refractivity contribution < 1.29 is 13.3 Å². The summed E-state index contributed by atoms with van der Waals surface area (Å²) >= 11 is 2.40. The maximum Gasteiger partial charge on any atom is 0.304 e. The summed E-state index contributed by atoms with van der Waals surface area (Å²) in [6, 6.07) is 0.902. The van der Waals surface area contributed by atoms with Crippen LogP contribution in [0.1, 0.15) is 13.3 Å². The molecule has 1 heterocycles. The van der Waals surface area contributed by atoms with E-state index >= 15 is 0 Å². The Morgan fingerprint density at radius 1 is 1.55 bits per heavy atom. The van der Waals surface area contributed by atoms with Crippen molar-refractivity contribution in [3.63, 3.8) is 0 Å². The van der Waals surface area contributed by atoms with E-state index in [1.54, 1.807) is 11.8 Å². The fraction of sp³-hybridized carbons (Fsp3) is 0.600. The number of nitro groups is 1. The second-order valence-electron chi connectivity index (χ2n) is 3.97. The number of hydrogen-bond donors (Lipinski definition) is 2. The van der Waals surface area contributed by atoms with Gasteiger partial charge in [-0.1, -0.05) is 18.3 Å². The molecule has 1 unspecified atom stereocenters. The van der Waals surface area contributed by atoms with Crippen molar-refractivity contribution in [2.45, 2.75) is 23.6 Å². The van der Waals surface area contributed by atoms with E-state index in [1.165, 1.54) is 7.05 Å². The quantitative estimate of drug-likeness (QED) is 0.556. The van der Waals surface area contributed by atoms with Crippen LogP contribution in [0.3, 0.4) is 0 Å². The molecule has 0 spiro atoms. The normalized spacial score (nSPS) is 13.2. The predicted octanol–water partition coefficient (Wildman–Crippen LogP) is 2.12. The Morgan fingerprint density at radius 3 is 2.60 bits per heavy atom. The van der Waals surface area contributed by atoms with E-state index in [2.05, 4.69) is 10.0 Å². The molecule has 7 nitrogen and oxygen atoms in total. The maximum atomic E-state index is 12.2. The lowest BCUT2D eigenvalue weighted by Crippen LogP contribution is -2.35. The van der Waals surface area contributed by atoms with Gasteiger partial charge in [0.1, 0.15) is 4.21 Å². The van der Waals surface area contributed by atoms with Crippen LogP contribution in [0.4, 0.5) is 10.7 Å². The maximum absolute atomic E-state index is 12.2. The average Bonchev–Trinajstić information content (AvgIpc) is 2.83. The zero-order chi connectivity index (χ0) is 15.3. The number of hydrogen-bond acceptors (Lipinski definition) is 7. The van der Waals surface area contributed by atoms with Crippen LogP contribution in [0.5, 0.6) is 0 Å². The van der Waals surface area contributed by atoms with Gasteiger partial charge >= 0.3 is 5.69 Å². The molecule has 1 aromatic heterocycles. The second-order valence-corrected chi connectivity index (χ2v) is 7.87. The Hall–Kier alpha value is -0.840. The smallest absolute Gasteiger partial charge is 0.304 e. The first-order chi connectivity index (χ1) is 9.35. The fourth-order valence-electron chi connectivity index (χ4n) is 1.52. The predicted molar refractivity (Wildman–Crippen MR) is 83.3 cm³/mol. The molecule has 1 rings (SSSR count).